The summed E-state index contributed by atoms with van der Waals surface area (Å²) in [5, 5.41) is 0. The number of sulfonamides is 1. The molecular formula is C23H30N2O4S. The Bertz CT molecular complexity index is 960. The quantitative estimate of drug-likeness (QED) is 0.707. The van der Waals surface area contributed by atoms with E-state index in [0.717, 1.165) is 11.1 Å². The SMILES string of the molecule is CC(C)(C)c1ccccc1OCC(=O)N1CCN(S(=O)(=O)Cc2ccccc2)CC1. The number of benzene rings is 2. The van der Waals surface area contributed by atoms with Gasteiger partial charge in [-0.2, -0.15) is 4.31 Å². The Balaban J connectivity index is 1.54. The number of carbonyl (C=O) groups is 1. The average Bonchev–Trinajstić information content (AvgIpc) is 2.72. The molecule has 3 rings (SSSR count). The summed E-state index contributed by atoms with van der Waals surface area (Å²) in [5.74, 6) is 0.565. The molecular weight excluding hydrogens is 400 g/mol. The smallest absolute Gasteiger partial charge is 0.260 e. The molecule has 0 radical (unpaired) electrons. The van der Waals surface area contributed by atoms with Gasteiger partial charge in [-0.05, 0) is 22.6 Å². The van der Waals surface area contributed by atoms with Crippen molar-refractivity contribution in [1.29, 1.82) is 0 Å². The molecule has 1 saturated heterocycles. The van der Waals surface area contributed by atoms with Crippen molar-refractivity contribution in [1.82, 2.24) is 9.21 Å². The van der Waals surface area contributed by atoms with Crippen LogP contribution in [0.3, 0.4) is 0 Å². The maximum Gasteiger partial charge on any atom is 0.260 e. The number of carbonyl (C=O) groups excluding carboxylic acids is 1. The zero-order valence-corrected chi connectivity index (χ0v) is 18.7. The fourth-order valence-corrected chi connectivity index (χ4v) is 5.05. The van der Waals surface area contributed by atoms with E-state index >= 15 is 0 Å². The van der Waals surface area contributed by atoms with Crippen molar-refractivity contribution in [3.8, 4) is 5.75 Å². The minimum absolute atomic E-state index is 0.0194. The van der Waals surface area contributed by atoms with E-state index in [2.05, 4.69) is 20.8 Å². The molecule has 30 heavy (non-hydrogen) atoms. The third-order valence-electron chi connectivity index (χ3n) is 5.22. The average molecular weight is 431 g/mol. The van der Waals surface area contributed by atoms with Gasteiger partial charge in [0.25, 0.3) is 5.91 Å². The van der Waals surface area contributed by atoms with Gasteiger partial charge in [0, 0.05) is 26.2 Å². The van der Waals surface area contributed by atoms with Crippen molar-refractivity contribution >= 4 is 15.9 Å². The molecule has 0 N–H and O–H groups in total. The van der Waals surface area contributed by atoms with E-state index in [9.17, 15) is 13.2 Å². The van der Waals surface area contributed by atoms with Crippen molar-refractivity contribution in [3.63, 3.8) is 0 Å². The highest BCUT2D eigenvalue weighted by atomic mass is 32.2. The standard InChI is InChI=1S/C23H30N2O4S/c1-23(2,3)20-11-7-8-12-21(20)29-17-22(26)24-13-15-25(16-14-24)30(27,28)18-19-9-5-4-6-10-19/h4-12H,13-18H2,1-3H3. The van der Waals surface area contributed by atoms with Crippen LogP contribution >= 0.6 is 0 Å². The number of hydrogen-bond donors (Lipinski definition) is 0. The van der Waals surface area contributed by atoms with Gasteiger partial charge in [-0.1, -0.05) is 69.3 Å². The third kappa shape index (κ3) is 5.61. The lowest BCUT2D eigenvalue weighted by atomic mass is 9.86. The van der Waals surface area contributed by atoms with Gasteiger partial charge in [0.1, 0.15) is 5.75 Å². The molecule has 1 aliphatic heterocycles. The Morgan fingerprint density at radius 1 is 0.933 bits per heavy atom. The molecule has 0 unspecified atom stereocenters. The number of ether oxygens (including phenoxy) is 1. The first-order chi connectivity index (χ1) is 14.2. The Kier molecular flexibility index (Phi) is 6.83. The Labute approximate surface area is 179 Å². The van der Waals surface area contributed by atoms with Crippen LogP contribution in [0.1, 0.15) is 31.9 Å². The van der Waals surface area contributed by atoms with Crippen LogP contribution in [0.2, 0.25) is 0 Å². The summed E-state index contributed by atoms with van der Waals surface area (Å²) in [5.41, 5.74) is 1.73. The highest BCUT2D eigenvalue weighted by Gasteiger charge is 2.29. The molecule has 0 spiro atoms. The zero-order valence-electron chi connectivity index (χ0n) is 17.9. The lowest BCUT2D eigenvalue weighted by molar-refractivity contribution is -0.134. The molecule has 162 valence electrons. The molecule has 6 nitrogen and oxygen atoms in total. The largest absolute Gasteiger partial charge is 0.483 e. The van der Waals surface area contributed by atoms with E-state index in [-0.39, 0.29) is 23.7 Å². The number of hydrogen-bond acceptors (Lipinski definition) is 4. The van der Waals surface area contributed by atoms with Crippen LogP contribution < -0.4 is 4.74 Å². The first-order valence-electron chi connectivity index (χ1n) is 10.2. The summed E-state index contributed by atoms with van der Waals surface area (Å²) in [7, 11) is -3.40. The maximum atomic E-state index is 12.7. The van der Waals surface area contributed by atoms with E-state index < -0.39 is 10.0 Å². The first-order valence-corrected chi connectivity index (χ1v) is 11.8. The molecule has 1 aliphatic rings. The van der Waals surface area contributed by atoms with Crippen molar-refractivity contribution in [2.75, 3.05) is 32.8 Å². The molecule has 7 heteroatoms. The molecule has 2 aromatic rings. The lowest BCUT2D eigenvalue weighted by Crippen LogP contribution is -2.51. The number of amides is 1. The Morgan fingerprint density at radius 2 is 1.53 bits per heavy atom. The summed E-state index contributed by atoms with van der Waals surface area (Å²) < 4.78 is 32.6. The first kappa shape index (κ1) is 22.3. The molecule has 0 saturated carbocycles. The maximum absolute atomic E-state index is 12.7. The summed E-state index contributed by atoms with van der Waals surface area (Å²) >= 11 is 0. The third-order valence-corrected chi connectivity index (χ3v) is 7.07. The van der Waals surface area contributed by atoms with Gasteiger partial charge in [0.05, 0.1) is 5.75 Å². The van der Waals surface area contributed by atoms with Crippen LogP contribution in [0, 0.1) is 0 Å². The van der Waals surface area contributed by atoms with Crippen LogP contribution in [0.4, 0.5) is 0 Å². The molecule has 0 aromatic heterocycles. The topological polar surface area (TPSA) is 66.9 Å². The van der Waals surface area contributed by atoms with Gasteiger partial charge in [-0.3, -0.25) is 4.79 Å². The summed E-state index contributed by atoms with van der Waals surface area (Å²) in [4.78, 5) is 14.3. The molecule has 0 bridgehead atoms. The van der Waals surface area contributed by atoms with Gasteiger partial charge >= 0.3 is 0 Å². The second kappa shape index (κ2) is 9.18. The second-order valence-corrected chi connectivity index (χ2v) is 10.5. The molecule has 1 amide bonds. The summed E-state index contributed by atoms with van der Waals surface area (Å²) in [6, 6.07) is 16.9. The van der Waals surface area contributed by atoms with Crippen LogP contribution in [0.5, 0.6) is 5.75 Å². The van der Waals surface area contributed by atoms with E-state index in [0.29, 0.717) is 31.9 Å². The molecule has 0 atom stereocenters. The lowest BCUT2D eigenvalue weighted by Gasteiger charge is -2.34. The van der Waals surface area contributed by atoms with Crippen molar-refractivity contribution in [2.45, 2.75) is 31.9 Å². The highest BCUT2D eigenvalue weighted by molar-refractivity contribution is 7.88. The van der Waals surface area contributed by atoms with Crippen LogP contribution in [-0.4, -0.2) is 56.3 Å². The summed E-state index contributed by atoms with van der Waals surface area (Å²) in [6.07, 6.45) is 0. The second-order valence-electron chi connectivity index (χ2n) is 8.56. The number of piperazine rings is 1. The normalized spacial score (nSPS) is 15.8. The zero-order chi connectivity index (χ0) is 21.8. The van der Waals surface area contributed by atoms with Crippen LogP contribution in [0.15, 0.2) is 54.6 Å². The van der Waals surface area contributed by atoms with E-state index in [1.807, 2.05) is 54.6 Å². The van der Waals surface area contributed by atoms with Crippen molar-refractivity contribution in [3.05, 3.63) is 65.7 Å². The minimum Gasteiger partial charge on any atom is -0.483 e. The highest BCUT2D eigenvalue weighted by Crippen LogP contribution is 2.30. The molecule has 1 heterocycles. The molecule has 1 fully saturated rings. The fraction of sp³-hybridized carbons (Fsp3) is 0.435. The minimum atomic E-state index is -3.40. The summed E-state index contributed by atoms with van der Waals surface area (Å²) in [6.45, 7) is 7.61. The Morgan fingerprint density at radius 3 is 2.17 bits per heavy atom. The van der Waals surface area contributed by atoms with Crippen molar-refractivity contribution in [2.24, 2.45) is 0 Å². The van der Waals surface area contributed by atoms with Gasteiger partial charge in [-0.25, -0.2) is 8.42 Å². The van der Waals surface area contributed by atoms with Gasteiger partial charge in [-0.15, -0.1) is 0 Å². The van der Waals surface area contributed by atoms with Gasteiger partial charge in [0.2, 0.25) is 10.0 Å². The van der Waals surface area contributed by atoms with Gasteiger partial charge < -0.3 is 9.64 Å². The number of para-hydroxylation sites is 1. The van der Waals surface area contributed by atoms with E-state index in [1.54, 1.807) is 4.90 Å². The van der Waals surface area contributed by atoms with Crippen LogP contribution in [-0.2, 0) is 26.0 Å². The van der Waals surface area contributed by atoms with Gasteiger partial charge in [0.15, 0.2) is 6.61 Å². The Hall–Kier alpha value is -2.38. The van der Waals surface area contributed by atoms with Crippen LogP contribution in [0.25, 0.3) is 0 Å². The molecule has 2 aromatic carbocycles. The molecule has 0 aliphatic carbocycles. The monoisotopic (exact) mass is 430 g/mol. The van der Waals surface area contributed by atoms with Crippen molar-refractivity contribution < 1.29 is 17.9 Å². The predicted octanol–water partition coefficient (Wildman–Crippen LogP) is 3.04. The van der Waals surface area contributed by atoms with E-state index in [1.165, 1.54) is 4.31 Å². The number of rotatable bonds is 6. The fourth-order valence-electron chi connectivity index (χ4n) is 3.53. The predicted molar refractivity (Wildman–Crippen MR) is 118 cm³/mol. The van der Waals surface area contributed by atoms with E-state index in [4.69, 9.17) is 4.74 Å². The number of nitrogens with zero attached hydrogens (tertiary/aromatic N) is 2.